The van der Waals surface area contributed by atoms with Gasteiger partial charge in [-0.15, -0.1) is 12.4 Å². The number of carbonyl (C=O) groups excluding carboxylic acids is 1. The first-order valence-electron chi connectivity index (χ1n) is 7.96. The van der Waals surface area contributed by atoms with Crippen LogP contribution in [0.25, 0.3) is 0 Å². The van der Waals surface area contributed by atoms with Crippen LogP contribution in [0.2, 0.25) is 0 Å². The average molecular weight is 374 g/mol. The van der Waals surface area contributed by atoms with Crippen molar-refractivity contribution in [1.82, 2.24) is 5.32 Å². The molecule has 0 aliphatic heterocycles. The molecule has 1 aromatic rings. The number of rotatable bonds is 4. The van der Waals surface area contributed by atoms with E-state index in [0.717, 1.165) is 24.8 Å². The largest absolute Gasteiger partial charge is 0.349 e. The number of fused-ring (bicyclic) bond motifs is 2. The standard InChI is InChI=1S/C16H23N3O3S.ClH/c1-9(10-4-6-13(7-5-10)23(18,21)22)19-16(20)14-11-2-3-12(8-11)15(14)17;/h4-7,9,11-12,14-15H,2-3,8,17H2,1H3,(H,19,20)(H2,18,21,22);1H. The predicted molar refractivity (Wildman–Crippen MR) is 93.9 cm³/mol. The van der Waals surface area contributed by atoms with E-state index in [1.165, 1.54) is 12.1 Å². The van der Waals surface area contributed by atoms with Gasteiger partial charge in [0.25, 0.3) is 0 Å². The minimum Gasteiger partial charge on any atom is -0.349 e. The van der Waals surface area contributed by atoms with E-state index in [0.29, 0.717) is 11.8 Å². The first-order valence-corrected chi connectivity index (χ1v) is 9.50. The monoisotopic (exact) mass is 373 g/mol. The molecule has 0 aromatic heterocycles. The summed E-state index contributed by atoms with van der Waals surface area (Å²) in [7, 11) is -3.70. The molecule has 24 heavy (non-hydrogen) atoms. The Kier molecular flexibility index (Phi) is 5.59. The molecule has 2 saturated carbocycles. The Hall–Kier alpha value is -1.15. The zero-order valence-corrected chi connectivity index (χ0v) is 15.1. The SMILES string of the molecule is CC(NC(=O)C1C2CCC(C2)C1N)c1ccc(S(N)(=O)=O)cc1.Cl. The van der Waals surface area contributed by atoms with Crippen LogP contribution in [0.3, 0.4) is 0 Å². The molecule has 2 fully saturated rings. The van der Waals surface area contributed by atoms with E-state index in [-0.39, 0.29) is 41.2 Å². The van der Waals surface area contributed by atoms with Gasteiger partial charge in [0.2, 0.25) is 15.9 Å². The molecule has 2 bridgehead atoms. The van der Waals surface area contributed by atoms with Gasteiger partial charge in [-0.1, -0.05) is 12.1 Å². The lowest BCUT2D eigenvalue weighted by atomic mass is 9.84. The Morgan fingerprint density at radius 1 is 1.21 bits per heavy atom. The number of carbonyl (C=O) groups is 1. The second-order valence-corrected chi connectivity index (χ2v) is 8.34. The quantitative estimate of drug-likeness (QED) is 0.737. The van der Waals surface area contributed by atoms with Gasteiger partial charge in [0, 0.05) is 6.04 Å². The summed E-state index contributed by atoms with van der Waals surface area (Å²) in [5, 5.41) is 8.10. The molecular formula is C16H24ClN3O3S. The Morgan fingerprint density at radius 2 is 1.79 bits per heavy atom. The number of benzene rings is 1. The molecule has 134 valence electrons. The van der Waals surface area contributed by atoms with Gasteiger partial charge in [-0.05, 0) is 55.7 Å². The van der Waals surface area contributed by atoms with Gasteiger partial charge in [-0.25, -0.2) is 13.6 Å². The number of nitrogens with two attached hydrogens (primary N) is 2. The van der Waals surface area contributed by atoms with Crippen LogP contribution < -0.4 is 16.2 Å². The van der Waals surface area contributed by atoms with Crippen molar-refractivity contribution in [3.05, 3.63) is 29.8 Å². The molecule has 6 nitrogen and oxygen atoms in total. The lowest BCUT2D eigenvalue weighted by molar-refractivity contribution is -0.127. The van der Waals surface area contributed by atoms with Gasteiger partial charge >= 0.3 is 0 Å². The van der Waals surface area contributed by atoms with E-state index in [2.05, 4.69) is 5.32 Å². The molecule has 5 atom stereocenters. The number of halogens is 1. The Morgan fingerprint density at radius 3 is 2.29 bits per heavy atom. The van der Waals surface area contributed by atoms with E-state index in [1.807, 2.05) is 6.92 Å². The number of sulfonamides is 1. The van der Waals surface area contributed by atoms with Crippen LogP contribution in [-0.4, -0.2) is 20.4 Å². The van der Waals surface area contributed by atoms with E-state index in [4.69, 9.17) is 10.9 Å². The highest BCUT2D eigenvalue weighted by molar-refractivity contribution is 7.89. The van der Waals surface area contributed by atoms with E-state index in [9.17, 15) is 13.2 Å². The van der Waals surface area contributed by atoms with Crippen LogP contribution in [-0.2, 0) is 14.8 Å². The van der Waals surface area contributed by atoms with E-state index < -0.39 is 10.0 Å². The minimum absolute atomic E-state index is 0. The summed E-state index contributed by atoms with van der Waals surface area (Å²) in [6.45, 7) is 1.88. The molecule has 0 spiro atoms. The van der Waals surface area contributed by atoms with Crippen molar-refractivity contribution in [2.24, 2.45) is 28.6 Å². The maximum Gasteiger partial charge on any atom is 0.238 e. The van der Waals surface area contributed by atoms with Crippen LogP contribution in [0.1, 0.15) is 37.8 Å². The summed E-state index contributed by atoms with van der Waals surface area (Å²) in [6.07, 6.45) is 3.30. The van der Waals surface area contributed by atoms with Crippen molar-refractivity contribution in [3.63, 3.8) is 0 Å². The van der Waals surface area contributed by atoms with Gasteiger partial charge in [0.15, 0.2) is 0 Å². The Bertz CT molecular complexity index is 706. The van der Waals surface area contributed by atoms with Crippen molar-refractivity contribution < 1.29 is 13.2 Å². The third kappa shape index (κ3) is 3.59. The van der Waals surface area contributed by atoms with Crippen molar-refractivity contribution in [3.8, 4) is 0 Å². The molecular weight excluding hydrogens is 350 g/mol. The summed E-state index contributed by atoms with van der Waals surface area (Å²) >= 11 is 0. The highest BCUT2D eigenvalue weighted by atomic mass is 35.5. The average Bonchev–Trinajstić information content (AvgIpc) is 3.07. The number of hydrogen-bond acceptors (Lipinski definition) is 4. The second kappa shape index (κ2) is 7.00. The molecule has 0 saturated heterocycles. The first-order chi connectivity index (χ1) is 10.8. The number of primary sulfonamides is 1. The summed E-state index contributed by atoms with van der Waals surface area (Å²) in [4.78, 5) is 12.6. The summed E-state index contributed by atoms with van der Waals surface area (Å²) in [6, 6.07) is 6.01. The van der Waals surface area contributed by atoms with Gasteiger partial charge in [0.05, 0.1) is 16.9 Å². The van der Waals surface area contributed by atoms with Crippen molar-refractivity contribution in [2.75, 3.05) is 0 Å². The molecule has 0 heterocycles. The highest BCUT2D eigenvalue weighted by Crippen LogP contribution is 2.47. The molecule has 5 unspecified atom stereocenters. The van der Waals surface area contributed by atoms with Gasteiger partial charge in [-0.3, -0.25) is 4.79 Å². The smallest absolute Gasteiger partial charge is 0.238 e. The maximum atomic E-state index is 12.5. The molecule has 2 aliphatic rings. The van der Waals surface area contributed by atoms with Gasteiger partial charge < -0.3 is 11.1 Å². The third-order valence-corrected chi connectivity index (χ3v) is 6.28. The Labute approximate surface area is 148 Å². The van der Waals surface area contributed by atoms with Crippen LogP contribution in [0, 0.1) is 17.8 Å². The van der Waals surface area contributed by atoms with Crippen LogP contribution >= 0.6 is 12.4 Å². The van der Waals surface area contributed by atoms with E-state index in [1.54, 1.807) is 12.1 Å². The number of hydrogen-bond donors (Lipinski definition) is 3. The van der Waals surface area contributed by atoms with Crippen molar-refractivity contribution in [1.29, 1.82) is 0 Å². The molecule has 5 N–H and O–H groups in total. The first kappa shape index (κ1) is 19.2. The number of nitrogens with one attached hydrogen (secondary N) is 1. The van der Waals surface area contributed by atoms with Crippen molar-refractivity contribution in [2.45, 2.75) is 43.2 Å². The molecule has 3 rings (SSSR count). The zero-order valence-electron chi connectivity index (χ0n) is 13.5. The third-order valence-electron chi connectivity index (χ3n) is 5.35. The van der Waals surface area contributed by atoms with E-state index >= 15 is 0 Å². The maximum absolute atomic E-state index is 12.5. The summed E-state index contributed by atoms with van der Waals surface area (Å²) in [5.74, 6) is 0.805. The summed E-state index contributed by atoms with van der Waals surface area (Å²) < 4.78 is 22.5. The molecule has 0 radical (unpaired) electrons. The molecule has 1 aromatic carbocycles. The van der Waals surface area contributed by atoms with Crippen molar-refractivity contribution >= 4 is 28.3 Å². The second-order valence-electron chi connectivity index (χ2n) is 6.78. The Balaban J connectivity index is 0.00000208. The fourth-order valence-corrected chi connectivity index (χ4v) is 4.58. The van der Waals surface area contributed by atoms with Crippen LogP contribution in [0.15, 0.2) is 29.2 Å². The van der Waals surface area contributed by atoms with Crippen LogP contribution in [0.4, 0.5) is 0 Å². The zero-order chi connectivity index (χ0) is 16.8. The van der Waals surface area contributed by atoms with Gasteiger partial charge in [-0.2, -0.15) is 0 Å². The molecule has 2 aliphatic carbocycles. The fourth-order valence-electron chi connectivity index (χ4n) is 4.06. The fraction of sp³-hybridized carbons (Fsp3) is 0.562. The van der Waals surface area contributed by atoms with Gasteiger partial charge in [0.1, 0.15) is 0 Å². The number of amides is 1. The predicted octanol–water partition coefficient (Wildman–Crippen LogP) is 1.31. The normalized spacial score (nSPS) is 29.8. The molecule has 1 amide bonds. The van der Waals surface area contributed by atoms with Crippen LogP contribution in [0.5, 0.6) is 0 Å². The summed E-state index contributed by atoms with van der Waals surface area (Å²) in [5.41, 5.74) is 7.04. The minimum atomic E-state index is -3.70. The highest BCUT2D eigenvalue weighted by Gasteiger charge is 2.49. The molecule has 8 heteroatoms. The topological polar surface area (TPSA) is 115 Å². The lowest BCUT2D eigenvalue weighted by Crippen LogP contribution is -2.45. The lowest BCUT2D eigenvalue weighted by Gasteiger charge is -2.28.